The van der Waals surface area contributed by atoms with Crippen molar-refractivity contribution >= 4 is 18.0 Å². The molecule has 0 aliphatic heterocycles. The van der Waals surface area contributed by atoms with Gasteiger partial charge in [0.05, 0.1) is 0 Å². The summed E-state index contributed by atoms with van der Waals surface area (Å²) < 4.78 is 5.52. The lowest BCUT2D eigenvalue weighted by Gasteiger charge is -2.22. The zero-order valence-electron chi connectivity index (χ0n) is 18.5. The first-order valence-electron chi connectivity index (χ1n) is 11.1. The number of hydrogen-bond donors (Lipinski definition) is 3. The number of nitrogens with one attached hydrogen (secondary N) is 2. The number of alkyl carbamates (subject to hydrolysis) is 1. The Morgan fingerprint density at radius 3 is 2.06 bits per heavy atom. The standard InChI is InChI=1S/C25H30N2O5/c1-3-16(13-14-23(28)29)26-24(30)22(4-2)27-25(31)32-15-21-19-11-7-5-9-17(19)18-10-6-8-12-20(18)21/h5-12,16,21-22H,3-4,13-15H2,1-2H3,(H,26,30)(H,27,31)(H,28,29)/t16?,22-/m0/s1. The van der Waals surface area contributed by atoms with Crippen LogP contribution in [-0.4, -0.2) is 41.8 Å². The van der Waals surface area contributed by atoms with Gasteiger partial charge in [0.1, 0.15) is 12.6 Å². The van der Waals surface area contributed by atoms with E-state index >= 15 is 0 Å². The smallest absolute Gasteiger partial charge is 0.407 e. The van der Waals surface area contributed by atoms with Gasteiger partial charge in [-0.3, -0.25) is 9.59 Å². The average molecular weight is 439 g/mol. The lowest BCUT2D eigenvalue weighted by atomic mass is 9.98. The second kappa shape index (κ2) is 10.8. The summed E-state index contributed by atoms with van der Waals surface area (Å²) in [4.78, 5) is 35.8. The van der Waals surface area contributed by atoms with Gasteiger partial charge in [-0.25, -0.2) is 4.79 Å². The molecule has 2 aromatic carbocycles. The number of amides is 2. The summed E-state index contributed by atoms with van der Waals surface area (Å²) in [6, 6.07) is 15.2. The van der Waals surface area contributed by atoms with Crippen LogP contribution in [0.2, 0.25) is 0 Å². The predicted octanol–water partition coefficient (Wildman–Crippen LogP) is 4.06. The highest BCUT2D eigenvalue weighted by molar-refractivity contribution is 5.86. The molecule has 0 heterocycles. The average Bonchev–Trinajstić information content (AvgIpc) is 3.12. The molecule has 0 saturated heterocycles. The van der Waals surface area contributed by atoms with Crippen LogP contribution in [0, 0.1) is 0 Å². The summed E-state index contributed by atoms with van der Waals surface area (Å²) in [6.07, 6.45) is 0.688. The molecular formula is C25H30N2O5. The Morgan fingerprint density at radius 1 is 0.938 bits per heavy atom. The molecule has 1 aliphatic carbocycles. The van der Waals surface area contributed by atoms with Gasteiger partial charge in [-0.1, -0.05) is 62.4 Å². The van der Waals surface area contributed by atoms with E-state index in [1.54, 1.807) is 6.92 Å². The van der Waals surface area contributed by atoms with Crippen molar-refractivity contribution in [3.05, 3.63) is 59.7 Å². The van der Waals surface area contributed by atoms with E-state index in [0.717, 1.165) is 22.3 Å². The molecule has 2 aromatic rings. The van der Waals surface area contributed by atoms with Crippen LogP contribution < -0.4 is 10.6 Å². The number of benzene rings is 2. The van der Waals surface area contributed by atoms with Crippen molar-refractivity contribution in [1.29, 1.82) is 0 Å². The fourth-order valence-corrected chi connectivity index (χ4v) is 4.11. The molecule has 3 N–H and O–H groups in total. The van der Waals surface area contributed by atoms with Crippen LogP contribution in [0.25, 0.3) is 11.1 Å². The molecule has 0 bridgehead atoms. The Kier molecular flexibility index (Phi) is 7.87. The Hall–Kier alpha value is -3.35. The maximum absolute atomic E-state index is 12.6. The Bertz CT molecular complexity index is 929. The summed E-state index contributed by atoms with van der Waals surface area (Å²) in [5, 5.41) is 14.3. The van der Waals surface area contributed by atoms with Gasteiger partial charge < -0.3 is 20.5 Å². The molecule has 3 rings (SSSR count). The number of carbonyl (C=O) groups excluding carboxylic acids is 2. The minimum absolute atomic E-state index is 0.0185. The van der Waals surface area contributed by atoms with Gasteiger partial charge in [0.2, 0.25) is 5.91 Å². The zero-order valence-corrected chi connectivity index (χ0v) is 18.5. The number of hydrogen-bond acceptors (Lipinski definition) is 4. The van der Waals surface area contributed by atoms with Crippen molar-refractivity contribution in [2.45, 2.75) is 57.5 Å². The summed E-state index contributed by atoms with van der Waals surface area (Å²) in [5.74, 6) is -1.29. The molecule has 2 amide bonds. The van der Waals surface area contributed by atoms with E-state index in [1.165, 1.54) is 0 Å². The largest absolute Gasteiger partial charge is 0.481 e. The molecule has 2 atom stereocenters. The predicted molar refractivity (Wildman–Crippen MR) is 121 cm³/mol. The van der Waals surface area contributed by atoms with E-state index in [-0.39, 0.29) is 30.9 Å². The maximum Gasteiger partial charge on any atom is 0.407 e. The van der Waals surface area contributed by atoms with E-state index in [4.69, 9.17) is 9.84 Å². The Morgan fingerprint density at radius 2 is 1.53 bits per heavy atom. The summed E-state index contributed by atoms with van der Waals surface area (Å²) in [6.45, 7) is 3.85. The molecule has 0 spiro atoms. The van der Waals surface area contributed by atoms with Crippen molar-refractivity contribution in [1.82, 2.24) is 10.6 Å². The van der Waals surface area contributed by atoms with Crippen LogP contribution in [0.4, 0.5) is 4.79 Å². The number of fused-ring (bicyclic) bond motifs is 3. The van der Waals surface area contributed by atoms with E-state index in [9.17, 15) is 14.4 Å². The highest BCUT2D eigenvalue weighted by Crippen LogP contribution is 2.44. The normalized spacial score (nSPS) is 14.1. The second-order valence-corrected chi connectivity index (χ2v) is 7.98. The van der Waals surface area contributed by atoms with Gasteiger partial charge in [-0.05, 0) is 41.5 Å². The van der Waals surface area contributed by atoms with Crippen molar-refractivity contribution < 1.29 is 24.2 Å². The maximum atomic E-state index is 12.6. The molecule has 1 aliphatic rings. The zero-order chi connectivity index (χ0) is 23.1. The minimum Gasteiger partial charge on any atom is -0.481 e. The van der Waals surface area contributed by atoms with Gasteiger partial charge in [-0.15, -0.1) is 0 Å². The Balaban J connectivity index is 1.58. The molecule has 1 unspecified atom stereocenters. The molecular weight excluding hydrogens is 408 g/mol. The van der Waals surface area contributed by atoms with Gasteiger partial charge in [0.25, 0.3) is 0 Å². The van der Waals surface area contributed by atoms with Crippen molar-refractivity contribution in [3.8, 4) is 11.1 Å². The van der Waals surface area contributed by atoms with E-state index in [2.05, 4.69) is 22.8 Å². The van der Waals surface area contributed by atoms with E-state index < -0.39 is 18.1 Å². The third-order valence-electron chi connectivity index (χ3n) is 5.91. The SMILES string of the molecule is CCC(CCC(=O)O)NC(=O)[C@H](CC)NC(=O)OCC1c2ccccc2-c2ccccc21. The molecule has 7 heteroatoms. The molecule has 0 fully saturated rings. The van der Waals surface area contributed by atoms with Gasteiger partial charge in [0.15, 0.2) is 0 Å². The molecule has 0 radical (unpaired) electrons. The van der Waals surface area contributed by atoms with Gasteiger partial charge in [0, 0.05) is 18.4 Å². The van der Waals surface area contributed by atoms with Crippen molar-refractivity contribution in [2.24, 2.45) is 0 Å². The van der Waals surface area contributed by atoms with Crippen LogP contribution in [-0.2, 0) is 14.3 Å². The van der Waals surface area contributed by atoms with Crippen LogP contribution in [0.15, 0.2) is 48.5 Å². The molecule has 32 heavy (non-hydrogen) atoms. The third kappa shape index (κ3) is 5.46. The fraction of sp³-hybridized carbons (Fsp3) is 0.400. The number of carboxylic acids is 1. The lowest BCUT2D eigenvalue weighted by molar-refractivity contribution is -0.137. The summed E-state index contributed by atoms with van der Waals surface area (Å²) in [5.41, 5.74) is 4.54. The van der Waals surface area contributed by atoms with Crippen LogP contribution in [0.5, 0.6) is 0 Å². The number of aliphatic carboxylic acids is 1. The molecule has 170 valence electrons. The monoisotopic (exact) mass is 438 g/mol. The Labute approximate surface area is 188 Å². The second-order valence-electron chi connectivity index (χ2n) is 7.98. The number of rotatable bonds is 10. The highest BCUT2D eigenvalue weighted by atomic mass is 16.5. The number of carbonyl (C=O) groups is 3. The summed E-state index contributed by atoms with van der Waals surface area (Å²) in [7, 11) is 0. The van der Waals surface area contributed by atoms with E-state index in [0.29, 0.717) is 19.3 Å². The fourth-order valence-electron chi connectivity index (χ4n) is 4.11. The minimum atomic E-state index is -0.901. The number of ether oxygens (including phenoxy) is 1. The third-order valence-corrected chi connectivity index (χ3v) is 5.91. The highest BCUT2D eigenvalue weighted by Gasteiger charge is 2.29. The summed E-state index contributed by atoms with van der Waals surface area (Å²) >= 11 is 0. The molecule has 0 saturated carbocycles. The lowest BCUT2D eigenvalue weighted by Crippen LogP contribution is -2.49. The van der Waals surface area contributed by atoms with Crippen molar-refractivity contribution in [2.75, 3.05) is 6.61 Å². The van der Waals surface area contributed by atoms with Gasteiger partial charge in [-0.2, -0.15) is 0 Å². The van der Waals surface area contributed by atoms with Crippen LogP contribution >= 0.6 is 0 Å². The topological polar surface area (TPSA) is 105 Å². The van der Waals surface area contributed by atoms with Gasteiger partial charge >= 0.3 is 12.1 Å². The van der Waals surface area contributed by atoms with Crippen molar-refractivity contribution in [3.63, 3.8) is 0 Å². The molecule has 0 aromatic heterocycles. The van der Waals surface area contributed by atoms with E-state index in [1.807, 2.05) is 43.3 Å². The first-order valence-corrected chi connectivity index (χ1v) is 11.1. The first-order chi connectivity index (χ1) is 15.4. The quantitative estimate of drug-likeness (QED) is 0.519. The van der Waals surface area contributed by atoms with Crippen LogP contribution in [0.1, 0.15) is 56.6 Å². The molecule has 7 nitrogen and oxygen atoms in total. The number of carboxylic acid groups (broad SMARTS) is 1. The first kappa shape index (κ1) is 23.3. The van der Waals surface area contributed by atoms with Crippen LogP contribution in [0.3, 0.4) is 0 Å².